The number of carbonyl (C=O) groups excluding carboxylic acids is 1. The van der Waals surface area contributed by atoms with Crippen molar-refractivity contribution in [2.75, 3.05) is 12.9 Å². The number of hydrogen-bond donors (Lipinski definition) is 0. The summed E-state index contributed by atoms with van der Waals surface area (Å²) in [7, 11) is 1.61. The first kappa shape index (κ1) is 12.8. The minimum Gasteiger partial charge on any atom is -0.497 e. The lowest BCUT2D eigenvalue weighted by atomic mass is 10.1. The van der Waals surface area contributed by atoms with Crippen molar-refractivity contribution in [1.29, 1.82) is 0 Å². The molecule has 18 heavy (non-hydrogen) atoms. The van der Waals surface area contributed by atoms with Crippen molar-refractivity contribution in [3.05, 3.63) is 54.0 Å². The highest BCUT2D eigenvalue weighted by Crippen LogP contribution is 2.16. The maximum absolute atomic E-state index is 11.9. The average molecular weight is 262 g/mol. The number of furan rings is 1. The summed E-state index contributed by atoms with van der Waals surface area (Å²) in [4.78, 5) is 11.9. The van der Waals surface area contributed by atoms with Gasteiger partial charge in [-0.2, -0.15) is 0 Å². The van der Waals surface area contributed by atoms with Crippen LogP contribution in [0.5, 0.6) is 5.75 Å². The number of rotatable bonds is 6. The number of thioether (sulfide) groups is 1. The molecule has 1 heterocycles. The normalized spacial score (nSPS) is 10.3. The smallest absolute Gasteiger partial charge is 0.172 e. The molecule has 2 rings (SSSR count). The van der Waals surface area contributed by atoms with Crippen LogP contribution < -0.4 is 4.74 Å². The predicted molar refractivity (Wildman–Crippen MR) is 72.2 cm³/mol. The second-order valence-corrected chi connectivity index (χ2v) is 4.71. The van der Waals surface area contributed by atoms with Crippen molar-refractivity contribution < 1.29 is 13.9 Å². The third kappa shape index (κ3) is 3.40. The van der Waals surface area contributed by atoms with E-state index in [1.165, 1.54) is 0 Å². The Labute approximate surface area is 110 Å². The number of ether oxygens (including phenoxy) is 1. The largest absolute Gasteiger partial charge is 0.497 e. The second-order valence-electron chi connectivity index (χ2n) is 3.72. The molecule has 0 radical (unpaired) electrons. The summed E-state index contributed by atoms with van der Waals surface area (Å²) in [6.07, 6.45) is 1.64. The van der Waals surface area contributed by atoms with E-state index in [0.29, 0.717) is 11.3 Å². The number of hydrogen-bond acceptors (Lipinski definition) is 4. The highest BCUT2D eigenvalue weighted by Gasteiger charge is 2.06. The minimum atomic E-state index is 0.120. The van der Waals surface area contributed by atoms with E-state index in [2.05, 4.69) is 0 Å². The van der Waals surface area contributed by atoms with Crippen molar-refractivity contribution in [2.45, 2.75) is 5.75 Å². The van der Waals surface area contributed by atoms with Crippen LogP contribution in [0.4, 0.5) is 0 Å². The lowest BCUT2D eigenvalue weighted by molar-refractivity contribution is 0.102. The third-order valence-electron chi connectivity index (χ3n) is 2.47. The fraction of sp³-hybridized carbons (Fsp3) is 0.214. The molecule has 0 saturated heterocycles. The highest BCUT2D eigenvalue weighted by molar-refractivity contribution is 7.99. The van der Waals surface area contributed by atoms with Gasteiger partial charge in [0.05, 0.1) is 24.9 Å². The molecule has 4 heteroatoms. The fourth-order valence-electron chi connectivity index (χ4n) is 1.50. The standard InChI is InChI=1S/C14H14O3S/c1-16-12-6-4-11(5-7-12)14(15)10-18-9-13-3-2-8-17-13/h2-8H,9-10H2,1H3. The van der Waals surface area contributed by atoms with Gasteiger partial charge in [-0.05, 0) is 36.4 Å². The Bertz CT molecular complexity index is 488. The van der Waals surface area contributed by atoms with Crippen LogP contribution in [-0.4, -0.2) is 18.6 Å². The van der Waals surface area contributed by atoms with Gasteiger partial charge in [0.1, 0.15) is 11.5 Å². The Balaban J connectivity index is 1.83. The van der Waals surface area contributed by atoms with Crippen LogP contribution in [0, 0.1) is 0 Å². The summed E-state index contributed by atoms with van der Waals surface area (Å²) in [6.45, 7) is 0. The van der Waals surface area contributed by atoms with Gasteiger partial charge >= 0.3 is 0 Å². The molecule has 0 saturated carbocycles. The van der Waals surface area contributed by atoms with E-state index in [1.54, 1.807) is 49.4 Å². The molecule has 2 aromatic rings. The molecule has 0 bridgehead atoms. The Morgan fingerprint density at radius 1 is 1.28 bits per heavy atom. The van der Waals surface area contributed by atoms with Crippen molar-refractivity contribution in [1.82, 2.24) is 0 Å². The molecule has 0 unspecified atom stereocenters. The first-order valence-electron chi connectivity index (χ1n) is 5.57. The zero-order valence-corrected chi connectivity index (χ0v) is 10.9. The van der Waals surface area contributed by atoms with Crippen molar-refractivity contribution in [2.24, 2.45) is 0 Å². The Morgan fingerprint density at radius 2 is 2.06 bits per heavy atom. The van der Waals surface area contributed by atoms with Gasteiger partial charge in [0, 0.05) is 5.56 Å². The molecule has 1 aromatic carbocycles. The summed E-state index contributed by atoms with van der Waals surface area (Å²) >= 11 is 1.55. The molecule has 0 spiro atoms. The monoisotopic (exact) mass is 262 g/mol. The van der Waals surface area contributed by atoms with Gasteiger partial charge in [0.25, 0.3) is 0 Å². The molecule has 0 aliphatic carbocycles. The molecule has 3 nitrogen and oxygen atoms in total. The van der Waals surface area contributed by atoms with Gasteiger partial charge in [-0.1, -0.05) is 0 Å². The van der Waals surface area contributed by atoms with Crippen LogP contribution in [0.3, 0.4) is 0 Å². The summed E-state index contributed by atoms with van der Waals surface area (Å²) in [5, 5.41) is 0. The van der Waals surface area contributed by atoms with Crippen molar-refractivity contribution in [3.8, 4) is 5.75 Å². The van der Waals surface area contributed by atoms with E-state index < -0.39 is 0 Å². The van der Waals surface area contributed by atoms with Gasteiger partial charge in [-0.25, -0.2) is 0 Å². The SMILES string of the molecule is COc1ccc(C(=O)CSCc2ccco2)cc1. The molecular weight excluding hydrogens is 248 g/mol. The summed E-state index contributed by atoms with van der Waals surface area (Å²) in [5.74, 6) is 2.94. The lowest BCUT2D eigenvalue weighted by Crippen LogP contribution is -2.02. The maximum atomic E-state index is 11.9. The molecule has 0 atom stereocenters. The van der Waals surface area contributed by atoms with Gasteiger partial charge in [0.2, 0.25) is 0 Å². The van der Waals surface area contributed by atoms with E-state index in [-0.39, 0.29) is 5.78 Å². The van der Waals surface area contributed by atoms with Crippen molar-refractivity contribution >= 4 is 17.5 Å². The predicted octanol–water partition coefficient (Wildman–Crippen LogP) is 3.40. The molecule has 0 N–H and O–H groups in total. The highest BCUT2D eigenvalue weighted by atomic mass is 32.2. The zero-order valence-electron chi connectivity index (χ0n) is 10.1. The zero-order chi connectivity index (χ0) is 12.8. The van der Waals surface area contributed by atoms with E-state index in [1.807, 2.05) is 12.1 Å². The van der Waals surface area contributed by atoms with Crippen LogP contribution in [0.25, 0.3) is 0 Å². The molecule has 0 aliphatic rings. The number of Topliss-reactive ketones (excluding diaryl/α,β-unsaturated/α-hetero) is 1. The van der Waals surface area contributed by atoms with Crippen molar-refractivity contribution in [3.63, 3.8) is 0 Å². The number of benzene rings is 1. The fourth-order valence-corrected chi connectivity index (χ4v) is 2.32. The van der Waals surface area contributed by atoms with Gasteiger partial charge in [-0.3, -0.25) is 4.79 Å². The number of carbonyl (C=O) groups is 1. The lowest BCUT2D eigenvalue weighted by Gasteiger charge is -2.02. The second kappa shape index (κ2) is 6.31. The minimum absolute atomic E-state index is 0.120. The number of methoxy groups -OCH3 is 1. The molecule has 1 aromatic heterocycles. The van der Waals surface area contributed by atoms with Crippen LogP contribution >= 0.6 is 11.8 Å². The van der Waals surface area contributed by atoms with E-state index >= 15 is 0 Å². The maximum Gasteiger partial charge on any atom is 0.172 e. The Hall–Kier alpha value is -1.68. The van der Waals surface area contributed by atoms with Gasteiger partial charge < -0.3 is 9.15 Å². The topological polar surface area (TPSA) is 39.4 Å². The quantitative estimate of drug-likeness (QED) is 0.748. The molecule has 0 fully saturated rings. The van der Waals surface area contributed by atoms with Crippen LogP contribution in [0.15, 0.2) is 47.1 Å². The number of ketones is 1. The van der Waals surface area contributed by atoms with E-state index in [0.717, 1.165) is 17.3 Å². The summed E-state index contributed by atoms with van der Waals surface area (Å²) in [5.41, 5.74) is 0.711. The third-order valence-corrected chi connectivity index (χ3v) is 3.42. The van der Waals surface area contributed by atoms with Crippen LogP contribution in [-0.2, 0) is 5.75 Å². The van der Waals surface area contributed by atoms with E-state index in [9.17, 15) is 4.79 Å². The molecule has 0 amide bonds. The van der Waals surface area contributed by atoms with Gasteiger partial charge in [-0.15, -0.1) is 11.8 Å². The van der Waals surface area contributed by atoms with E-state index in [4.69, 9.17) is 9.15 Å². The first-order valence-corrected chi connectivity index (χ1v) is 6.72. The van der Waals surface area contributed by atoms with Crippen LogP contribution in [0.1, 0.15) is 16.1 Å². The Kier molecular flexibility index (Phi) is 4.47. The molecule has 0 aliphatic heterocycles. The van der Waals surface area contributed by atoms with Gasteiger partial charge in [0.15, 0.2) is 5.78 Å². The first-order chi connectivity index (χ1) is 8.79. The van der Waals surface area contributed by atoms with Crippen LogP contribution in [0.2, 0.25) is 0 Å². The molecule has 94 valence electrons. The summed E-state index contributed by atoms with van der Waals surface area (Å²) < 4.78 is 10.3. The molecular formula is C14H14O3S. The Morgan fingerprint density at radius 3 is 2.67 bits per heavy atom. The average Bonchev–Trinajstić information content (AvgIpc) is 2.92. The summed E-state index contributed by atoms with van der Waals surface area (Å²) in [6, 6.07) is 10.9.